The molecule has 0 atom stereocenters. The van der Waals surface area contributed by atoms with Gasteiger partial charge < -0.3 is 21.1 Å². The quantitative estimate of drug-likeness (QED) is 0.581. The van der Waals surface area contributed by atoms with Crippen molar-refractivity contribution in [2.24, 2.45) is 0 Å². The number of allylic oxidation sites excluding steroid dienone is 1. The molecule has 22 heavy (non-hydrogen) atoms. The molecule has 0 saturated carbocycles. The molecule has 118 valence electrons. The van der Waals surface area contributed by atoms with Gasteiger partial charge in [0.1, 0.15) is 11.4 Å². The molecule has 0 aliphatic carbocycles. The van der Waals surface area contributed by atoms with Gasteiger partial charge in [-0.25, -0.2) is 9.78 Å². The van der Waals surface area contributed by atoms with Gasteiger partial charge >= 0.3 is 5.97 Å². The molecule has 1 aliphatic heterocycles. The van der Waals surface area contributed by atoms with E-state index in [1.165, 1.54) is 11.8 Å². The van der Waals surface area contributed by atoms with E-state index in [0.29, 0.717) is 24.9 Å². The Labute approximate surface area is 129 Å². The fourth-order valence-corrected chi connectivity index (χ4v) is 2.00. The molecule has 1 aromatic heterocycles. The van der Waals surface area contributed by atoms with Gasteiger partial charge in [-0.3, -0.25) is 0 Å². The van der Waals surface area contributed by atoms with E-state index in [1.54, 1.807) is 0 Å². The van der Waals surface area contributed by atoms with Crippen LogP contribution in [-0.4, -0.2) is 40.7 Å². The lowest BCUT2D eigenvalue weighted by Gasteiger charge is -2.11. The first-order valence-electron chi connectivity index (χ1n) is 7.37. The zero-order valence-electron chi connectivity index (χ0n) is 12.6. The minimum absolute atomic E-state index is 0.0861. The van der Waals surface area contributed by atoms with Crippen LogP contribution in [-0.2, 0) is 0 Å². The summed E-state index contributed by atoms with van der Waals surface area (Å²) in [6.45, 7) is 4.21. The van der Waals surface area contributed by atoms with Crippen LogP contribution < -0.4 is 16.0 Å². The van der Waals surface area contributed by atoms with Crippen molar-refractivity contribution >= 4 is 17.7 Å². The maximum absolute atomic E-state index is 11.2. The molecular formula is C15H21N5O2. The SMILES string of the molecule is CCCNc1nc(NCCC2=CCNC=C2)ncc1C(=O)O. The van der Waals surface area contributed by atoms with Gasteiger partial charge in [-0.15, -0.1) is 0 Å². The lowest BCUT2D eigenvalue weighted by Crippen LogP contribution is -2.14. The number of nitrogens with zero attached hydrogens (tertiary/aromatic N) is 2. The molecule has 4 N–H and O–H groups in total. The van der Waals surface area contributed by atoms with Crippen molar-refractivity contribution in [3.8, 4) is 0 Å². The second-order valence-electron chi connectivity index (χ2n) is 4.89. The van der Waals surface area contributed by atoms with Crippen LogP contribution >= 0.6 is 0 Å². The van der Waals surface area contributed by atoms with Gasteiger partial charge in [-0.2, -0.15) is 4.98 Å². The Morgan fingerprint density at radius 2 is 2.27 bits per heavy atom. The number of hydrogen-bond acceptors (Lipinski definition) is 6. The highest BCUT2D eigenvalue weighted by molar-refractivity contribution is 5.92. The number of carboxylic acid groups (broad SMARTS) is 1. The van der Waals surface area contributed by atoms with Gasteiger partial charge in [-0.05, 0) is 30.7 Å². The number of carboxylic acids is 1. The van der Waals surface area contributed by atoms with E-state index < -0.39 is 5.97 Å². The van der Waals surface area contributed by atoms with E-state index in [0.717, 1.165) is 19.4 Å². The van der Waals surface area contributed by atoms with Crippen LogP contribution in [0.1, 0.15) is 30.1 Å². The third-order valence-electron chi connectivity index (χ3n) is 3.16. The molecule has 2 rings (SSSR count). The number of dihydropyridines is 1. The molecule has 0 spiro atoms. The van der Waals surface area contributed by atoms with Gasteiger partial charge in [0.05, 0.1) is 0 Å². The van der Waals surface area contributed by atoms with Crippen LogP contribution in [0, 0.1) is 0 Å². The first-order chi connectivity index (χ1) is 10.7. The monoisotopic (exact) mass is 303 g/mol. The maximum atomic E-state index is 11.2. The van der Waals surface area contributed by atoms with Crippen LogP contribution in [0.4, 0.5) is 11.8 Å². The molecule has 7 nitrogen and oxygen atoms in total. The van der Waals surface area contributed by atoms with Crippen molar-refractivity contribution in [1.82, 2.24) is 15.3 Å². The number of aromatic nitrogens is 2. The number of anilines is 2. The molecule has 0 fully saturated rings. The molecule has 0 aromatic carbocycles. The van der Waals surface area contributed by atoms with Gasteiger partial charge in [0, 0.05) is 25.8 Å². The Morgan fingerprint density at radius 1 is 1.41 bits per heavy atom. The first-order valence-corrected chi connectivity index (χ1v) is 7.37. The molecule has 2 heterocycles. The number of carbonyl (C=O) groups is 1. The van der Waals surface area contributed by atoms with Crippen LogP contribution in [0.2, 0.25) is 0 Å². The zero-order valence-corrected chi connectivity index (χ0v) is 12.6. The lowest BCUT2D eigenvalue weighted by molar-refractivity contribution is 0.0697. The van der Waals surface area contributed by atoms with Gasteiger partial charge in [0.2, 0.25) is 5.95 Å². The summed E-state index contributed by atoms with van der Waals surface area (Å²) in [5.41, 5.74) is 1.33. The average Bonchev–Trinajstić information content (AvgIpc) is 2.54. The Balaban J connectivity index is 1.96. The molecule has 0 unspecified atom stereocenters. The molecule has 7 heteroatoms. The van der Waals surface area contributed by atoms with Crippen LogP contribution in [0.5, 0.6) is 0 Å². The number of hydrogen-bond donors (Lipinski definition) is 4. The molecule has 0 saturated heterocycles. The highest BCUT2D eigenvalue weighted by Gasteiger charge is 2.13. The summed E-state index contributed by atoms with van der Waals surface area (Å²) >= 11 is 0. The predicted molar refractivity (Wildman–Crippen MR) is 86.1 cm³/mol. The summed E-state index contributed by atoms with van der Waals surface area (Å²) in [5.74, 6) is -0.245. The minimum Gasteiger partial charge on any atom is -0.477 e. The van der Waals surface area contributed by atoms with Crippen molar-refractivity contribution in [1.29, 1.82) is 0 Å². The third kappa shape index (κ3) is 4.47. The lowest BCUT2D eigenvalue weighted by atomic mass is 10.1. The van der Waals surface area contributed by atoms with E-state index in [-0.39, 0.29) is 5.56 Å². The van der Waals surface area contributed by atoms with E-state index in [2.05, 4.69) is 32.0 Å². The highest BCUT2D eigenvalue weighted by atomic mass is 16.4. The van der Waals surface area contributed by atoms with Crippen molar-refractivity contribution in [2.45, 2.75) is 19.8 Å². The molecule has 0 bridgehead atoms. The average molecular weight is 303 g/mol. The highest BCUT2D eigenvalue weighted by Crippen LogP contribution is 2.14. The number of aromatic carboxylic acids is 1. The van der Waals surface area contributed by atoms with Crippen LogP contribution in [0.15, 0.2) is 30.1 Å². The molecule has 1 aromatic rings. The first kappa shape index (κ1) is 15.8. The van der Waals surface area contributed by atoms with Crippen molar-refractivity contribution in [3.05, 3.63) is 35.7 Å². The maximum Gasteiger partial charge on any atom is 0.341 e. The second kappa shape index (κ2) is 8.02. The summed E-state index contributed by atoms with van der Waals surface area (Å²) in [4.78, 5) is 19.5. The van der Waals surface area contributed by atoms with Crippen LogP contribution in [0.3, 0.4) is 0 Å². The largest absolute Gasteiger partial charge is 0.477 e. The molecular weight excluding hydrogens is 282 g/mol. The zero-order chi connectivity index (χ0) is 15.8. The third-order valence-corrected chi connectivity index (χ3v) is 3.16. The Hall–Kier alpha value is -2.57. The van der Waals surface area contributed by atoms with E-state index in [4.69, 9.17) is 5.11 Å². The summed E-state index contributed by atoms with van der Waals surface area (Å²) in [7, 11) is 0. The predicted octanol–water partition coefficient (Wildman–Crippen LogP) is 1.84. The Morgan fingerprint density at radius 3 is 2.95 bits per heavy atom. The fourth-order valence-electron chi connectivity index (χ4n) is 2.00. The minimum atomic E-state index is -1.03. The summed E-state index contributed by atoms with van der Waals surface area (Å²) in [6.07, 6.45) is 9.18. The molecule has 0 radical (unpaired) electrons. The summed E-state index contributed by atoms with van der Waals surface area (Å²) in [5, 5.41) is 18.4. The van der Waals surface area contributed by atoms with Gasteiger partial charge in [0.25, 0.3) is 0 Å². The Kier molecular flexibility index (Phi) is 5.76. The number of rotatable bonds is 8. The van der Waals surface area contributed by atoms with E-state index >= 15 is 0 Å². The topological polar surface area (TPSA) is 99.2 Å². The summed E-state index contributed by atoms with van der Waals surface area (Å²) in [6, 6.07) is 0. The number of nitrogens with one attached hydrogen (secondary N) is 3. The standard InChI is InChI=1S/C15H21N5O2/c1-2-6-17-13-12(14(21)22)10-19-15(20-13)18-9-5-11-3-7-16-8-4-11/h3-4,7,10,16H,2,5-6,8-9H2,1H3,(H,21,22)(H2,17,18,19,20). The smallest absolute Gasteiger partial charge is 0.341 e. The van der Waals surface area contributed by atoms with Crippen LogP contribution in [0.25, 0.3) is 0 Å². The second-order valence-corrected chi connectivity index (χ2v) is 4.89. The van der Waals surface area contributed by atoms with Crippen molar-refractivity contribution in [3.63, 3.8) is 0 Å². The van der Waals surface area contributed by atoms with Crippen molar-refractivity contribution < 1.29 is 9.90 Å². The van der Waals surface area contributed by atoms with E-state index in [1.807, 2.05) is 19.2 Å². The fraction of sp³-hybridized carbons (Fsp3) is 0.400. The summed E-state index contributed by atoms with van der Waals surface area (Å²) < 4.78 is 0. The molecule has 0 amide bonds. The normalized spacial score (nSPS) is 13.2. The van der Waals surface area contributed by atoms with Gasteiger partial charge in [-0.1, -0.05) is 13.0 Å². The molecule has 1 aliphatic rings. The van der Waals surface area contributed by atoms with E-state index in [9.17, 15) is 4.79 Å². The van der Waals surface area contributed by atoms with Crippen molar-refractivity contribution in [2.75, 3.05) is 30.3 Å². The van der Waals surface area contributed by atoms with Gasteiger partial charge in [0.15, 0.2) is 0 Å². The Bertz CT molecular complexity index is 583.